The van der Waals surface area contributed by atoms with Crippen molar-refractivity contribution in [2.45, 2.75) is 0 Å². The Balaban J connectivity index is 1.14. The van der Waals surface area contributed by atoms with E-state index in [1.165, 1.54) is 5.39 Å². The molecule has 0 spiro atoms. The molecule has 10 aromatic rings. The molecule has 0 fully saturated rings. The molecule has 9 aromatic carbocycles. The van der Waals surface area contributed by atoms with E-state index >= 15 is 0 Å². The normalized spacial score (nSPS) is 12.6. The van der Waals surface area contributed by atoms with Crippen LogP contribution in [0.2, 0.25) is 0 Å². The zero-order chi connectivity index (χ0) is 40.2. The Kier molecular flexibility index (Phi) is 6.58. The maximum atomic E-state index is 8.82. The highest BCUT2D eigenvalue weighted by Crippen LogP contribution is 2.37. The van der Waals surface area contributed by atoms with E-state index in [9.17, 15) is 0 Å². The van der Waals surface area contributed by atoms with Gasteiger partial charge in [0.2, 0.25) is 0 Å². The van der Waals surface area contributed by atoms with Crippen LogP contribution >= 0.6 is 0 Å². The second-order valence-electron chi connectivity index (χ2n) is 13.3. The van der Waals surface area contributed by atoms with Crippen molar-refractivity contribution in [3.63, 3.8) is 0 Å². The quantitative estimate of drug-likeness (QED) is 0.174. The lowest BCUT2D eigenvalue weighted by Gasteiger charge is -2.13. The molecule has 1 aromatic heterocycles. The van der Waals surface area contributed by atoms with Gasteiger partial charge in [0, 0.05) is 16.7 Å². The minimum atomic E-state index is -0.479. The molecule has 0 radical (unpaired) electrons. The average Bonchev–Trinajstić information content (AvgIpc) is 3.29. The van der Waals surface area contributed by atoms with E-state index in [1.807, 2.05) is 66.7 Å². The number of hydrogen-bond acceptors (Lipinski definition) is 3. The summed E-state index contributed by atoms with van der Waals surface area (Å²) in [6, 6.07) is 55.9. The zero-order valence-corrected chi connectivity index (χ0v) is 29.0. The summed E-state index contributed by atoms with van der Waals surface area (Å²) in [5.41, 5.74) is 7.78. The van der Waals surface area contributed by atoms with Crippen molar-refractivity contribution >= 4 is 32.3 Å². The maximum Gasteiger partial charge on any atom is 0.164 e. The molecule has 0 bridgehead atoms. The van der Waals surface area contributed by atoms with E-state index in [1.54, 1.807) is 0 Å². The van der Waals surface area contributed by atoms with Crippen LogP contribution in [-0.2, 0) is 0 Å². The van der Waals surface area contributed by atoms with Crippen molar-refractivity contribution in [3.05, 3.63) is 200 Å². The van der Waals surface area contributed by atoms with E-state index in [0.717, 1.165) is 60.3 Å². The lowest BCUT2D eigenvalue weighted by atomic mass is 9.91. The van der Waals surface area contributed by atoms with Crippen LogP contribution in [0.15, 0.2) is 200 Å². The third-order valence-corrected chi connectivity index (χ3v) is 10.00. The Morgan fingerprint density at radius 1 is 0.296 bits per heavy atom. The number of nitrogens with zero attached hydrogens (tertiary/aromatic N) is 3. The fourth-order valence-electron chi connectivity index (χ4n) is 7.38. The first-order chi connectivity index (χ1) is 28.8. The summed E-state index contributed by atoms with van der Waals surface area (Å²) >= 11 is 0. The summed E-state index contributed by atoms with van der Waals surface area (Å²) in [5, 5.41) is 6.58. The summed E-state index contributed by atoms with van der Waals surface area (Å²) in [6.07, 6.45) is 0. The van der Waals surface area contributed by atoms with E-state index in [-0.39, 0.29) is 23.5 Å². The molecule has 0 aliphatic rings. The molecule has 0 N–H and O–H groups in total. The second kappa shape index (κ2) is 13.4. The van der Waals surface area contributed by atoms with Crippen molar-refractivity contribution in [1.29, 1.82) is 0 Å². The van der Waals surface area contributed by atoms with Crippen molar-refractivity contribution in [1.82, 2.24) is 15.0 Å². The smallest absolute Gasteiger partial charge is 0.164 e. The van der Waals surface area contributed by atoms with Crippen LogP contribution in [0.5, 0.6) is 0 Å². The fraction of sp³-hybridized carbons (Fsp3) is 0. The van der Waals surface area contributed by atoms with Gasteiger partial charge in [-0.15, -0.1) is 0 Å². The third-order valence-electron chi connectivity index (χ3n) is 10.00. The van der Waals surface area contributed by atoms with Gasteiger partial charge in [0.1, 0.15) is 0 Å². The van der Waals surface area contributed by atoms with Gasteiger partial charge >= 0.3 is 0 Å². The van der Waals surface area contributed by atoms with Crippen LogP contribution in [-0.4, -0.2) is 15.0 Å². The highest BCUT2D eigenvalue weighted by molar-refractivity contribution is 6.05. The average molecular weight is 693 g/mol. The van der Waals surface area contributed by atoms with E-state index in [4.69, 9.17) is 21.8 Å². The molecule has 0 aliphatic heterocycles. The molecule has 0 atom stereocenters. The second-order valence-corrected chi connectivity index (χ2v) is 13.3. The molecule has 252 valence electrons. The SMILES string of the molecule is [2H]c1c([2H])c([2H])c(-c2nc(-c3cccc(-c4ccc(-c5ccccc5)c5ccccc45)c3)nc(-c3ccc4ccc(-c5cccc6ccccc56)cc4c3)n2)c([2H])c1[2H]. The van der Waals surface area contributed by atoms with E-state index in [0.29, 0.717) is 22.8 Å². The Bertz CT molecular complexity index is 3260. The van der Waals surface area contributed by atoms with E-state index in [2.05, 4.69) is 103 Å². The van der Waals surface area contributed by atoms with Gasteiger partial charge in [0.15, 0.2) is 17.5 Å². The molecule has 0 saturated carbocycles. The minimum Gasteiger partial charge on any atom is -0.208 e. The van der Waals surface area contributed by atoms with Crippen LogP contribution in [0, 0.1) is 0 Å². The molecule has 0 aliphatic carbocycles. The Morgan fingerprint density at radius 3 is 1.56 bits per heavy atom. The predicted molar refractivity (Wildman–Crippen MR) is 225 cm³/mol. The van der Waals surface area contributed by atoms with Gasteiger partial charge in [0.25, 0.3) is 0 Å². The van der Waals surface area contributed by atoms with Crippen LogP contribution in [0.1, 0.15) is 6.85 Å². The van der Waals surface area contributed by atoms with Crippen molar-refractivity contribution in [2.75, 3.05) is 0 Å². The minimum absolute atomic E-state index is 0.00494. The van der Waals surface area contributed by atoms with Gasteiger partial charge in [-0.25, -0.2) is 15.0 Å². The number of aromatic nitrogens is 3. The first kappa shape index (κ1) is 26.5. The van der Waals surface area contributed by atoms with Gasteiger partial charge in [-0.1, -0.05) is 182 Å². The van der Waals surface area contributed by atoms with Gasteiger partial charge < -0.3 is 0 Å². The molecule has 3 heteroatoms. The molecule has 54 heavy (non-hydrogen) atoms. The summed E-state index contributed by atoms with van der Waals surface area (Å²) < 4.78 is 42.7. The number of fused-ring (bicyclic) bond motifs is 3. The fourth-order valence-corrected chi connectivity index (χ4v) is 7.38. The predicted octanol–water partition coefficient (Wildman–Crippen LogP) is 13.3. The number of benzene rings is 9. The molecular formula is C51H33N3. The topological polar surface area (TPSA) is 38.7 Å². The molecule has 1 heterocycles. The summed E-state index contributed by atoms with van der Waals surface area (Å²) in [7, 11) is 0. The van der Waals surface area contributed by atoms with Crippen LogP contribution in [0.25, 0.3) is 99.9 Å². The number of hydrogen-bond donors (Lipinski definition) is 0. The Hall–Kier alpha value is -7.23. The van der Waals surface area contributed by atoms with Gasteiger partial charge in [-0.2, -0.15) is 0 Å². The van der Waals surface area contributed by atoms with Crippen LogP contribution < -0.4 is 0 Å². The largest absolute Gasteiger partial charge is 0.208 e. The zero-order valence-electron chi connectivity index (χ0n) is 34.0. The first-order valence-electron chi connectivity index (χ1n) is 20.4. The number of rotatable bonds is 6. The summed E-state index contributed by atoms with van der Waals surface area (Å²) in [4.78, 5) is 14.7. The highest BCUT2D eigenvalue weighted by atomic mass is 15.0. The lowest BCUT2D eigenvalue weighted by Crippen LogP contribution is -2.00. The summed E-state index contributed by atoms with van der Waals surface area (Å²) in [6.45, 7) is 0. The molecule has 0 saturated heterocycles. The maximum absolute atomic E-state index is 8.82. The van der Waals surface area contributed by atoms with Gasteiger partial charge in [0.05, 0.1) is 6.85 Å². The van der Waals surface area contributed by atoms with Crippen molar-refractivity contribution in [3.8, 4) is 67.5 Å². The van der Waals surface area contributed by atoms with Crippen molar-refractivity contribution in [2.24, 2.45) is 0 Å². The molecule has 3 nitrogen and oxygen atoms in total. The molecule has 0 unspecified atom stereocenters. The monoisotopic (exact) mass is 692 g/mol. The molecule has 10 rings (SSSR count). The summed E-state index contributed by atoms with van der Waals surface area (Å²) in [5.74, 6) is 0.625. The van der Waals surface area contributed by atoms with Crippen LogP contribution in [0.3, 0.4) is 0 Å². The third kappa shape index (κ3) is 5.78. The molecular weight excluding hydrogens is 655 g/mol. The molecule has 0 amide bonds. The highest BCUT2D eigenvalue weighted by Gasteiger charge is 2.15. The Morgan fingerprint density at radius 2 is 0.796 bits per heavy atom. The van der Waals surface area contributed by atoms with Crippen LogP contribution in [0.4, 0.5) is 0 Å². The van der Waals surface area contributed by atoms with Gasteiger partial charge in [-0.3, -0.25) is 0 Å². The van der Waals surface area contributed by atoms with Gasteiger partial charge in [-0.05, 0) is 83.9 Å². The Labute approximate surface area is 321 Å². The lowest BCUT2D eigenvalue weighted by molar-refractivity contribution is 1.07. The standard InChI is InChI=1S/C51H33N3/c1-3-13-35(14-4-1)45-29-30-46(48-23-10-9-22-47(45)48)38-19-11-20-40(31-38)50-52-49(37-16-5-2-6-17-37)53-51(54-50)41-28-26-34-25-27-39(32-42(34)33-41)44-24-12-18-36-15-7-8-21-43(36)44/h1-33H/i2D,5D,6D,16D,17D. The van der Waals surface area contributed by atoms with E-state index < -0.39 is 18.1 Å². The first-order valence-corrected chi connectivity index (χ1v) is 17.9. The van der Waals surface area contributed by atoms with Crippen molar-refractivity contribution < 1.29 is 6.85 Å².